The lowest BCUT2D eigenvalue weighted by molar-refractivity contribution is 0.603. The largest absolute Gasteiger partial charge is 0.324 e. The van der Waals surface area contributed by atoms with Crippen LogP contribution in [0.2, 0.25) is 0 Å². The van der Waals surface area contributed by atoms with Crippen LogP contribution >= 0.6 is 15.9 Å². The first-order chi connectivity index (χ1) is 6.24. The van der Waals surface area contributed by atoms with Crippen LogP contribution in [0.4, 0.5) is 0 Å². The van der Waals surface area contributed by atoms with Crippen molar-refractivity contribution in [3.63, 3.8) is 0 Å². The summed E-state index contributed by atoms with van der Waals surface area (Å²) in [5.41, 5.74) is 7.25. The zero-order valence-electron chi connectivity index (χ0n) is 7.96. The van der Waals surface area contributed by atoms with E-state index < -0.39 is 0 Å². The van der Waals surface area contributed by atoms with Gasteiger partial charge in [0.1, 0.15) is 0 Å². The second-order valence-electron chi connectivity index (χ2n) is 3.30. The van der Waals surface area contributed by atoms with Crippen molar-refractivity contribution in [2.75, 3.05) is 0 Å². The van der Waals surface area contributed by atoms with Crippen LogP contribution in [0.15, 0.2) is 28.7 Å². The highest BCUT2D eigenvalue weighted by atomic mass is 79.9. The summed E-state index contributed by atoms with van der Waals surface area (Å²) < 4.78 is 1.11. The highest BCUT2D eigenvalue weighted by Crippen LogP contribution is 2.20. The van der Waals surface area contributed by atoms with Gasteiger partial charge >= 0.3 is 0 Å². The van der Waals surface area contributed by atoms with Crippen LogP contribution in [0.25, 0.3) is 0 Å². The predicted octanol–water partition coefficient (Wildman–Crippen LogP) is 3.64. The van der Waals surface area contributed by atoms with Gasteiger partial charge in [0.05, 0.1) is 0 Å². The Kier molecular flexibility index (Phi) is 4.46. The molecule has 2 heteroatoms. The Bertz CT molecular complexity index is 260. The quantitative estimate of drug-likeness (QED) is 0.856. The number of unbranched alkanes of at least 4 members (excludes halogenated alkanes) is 1. The van der Waals surface area contributed by atoms with Crippen molar-refractivity contribution in [1.82, 2.24) is 0 Å². The number of hydrogen-bond donors (Lipinski definition) is 1. The third kappa shape index (κ3) is 3.49. The number of hydrogen-bond acceptors (Lipinski definition) is 1. The lowest BCUT2D eigenvalue weighted by atomic mass is 10.0. The average Bonchev–Trinajstić information content (AvgIpc) is 2.14. The van der Waals surface area contributed by atoms with Crippen molar-refractivity contribution in [3.05, 3.63) is 34.3 Å². The summed E-state index contributed by atoms with van der Waals surface area (Å²) in [6, 6.07) is 8.43. The van der Waals surface area contributed by atoms with E-state index in [-0.39, 0.29) is 6.04 Å². The van der Waals surface area contributed by atoms with E-state index in [4.69, 9.17) is 5.73 Å². The number of rotatable bonds is 4. The van der Waals surface area contributed by atoms with Crippen molar-refractivity contribution < 1.29 is 0 Å². The fourth-order valence-electron chi connectivity index (χ4n) is 1.33. The minimum Gasteiger partial charge on any atom is -0.324 e. The van der Waals surface area contributed by atoms with E-state index in [0.717, 1.165) is 10.9 Å². The Morgan fingerprint density at radius 1 is 1.46 bits per heavy atom. The fraction of sp³-hybridized carbons (Fsp3) is 0.455. The van der Waals surface area contributed by atoms with Crippen molar-refractivity contribution in [2.45, 2.75) is 32.2 Å². The predicted molar refractivity (Wildman–Crippen MR) is 60.6 cm³/mol. The van der Waals surface area contributed by atoms with E-state index in [0.29, 0.717) is 0 Å². The first-order valence-electron chi connectivity index (χ1n) is 4.75. The van der Waals surface area contributed by atoms with Crippen LogP contribution in [0.5, 0.6) is 0 Å². The van der Waals surface area contributed by atoms with Gasteiger partial charge in [0.15, 0.2) is 0 Å². The topological polar surface area (TPSA) is 26.0 Å². The van der Waals surface area contributed by atoms with Crippen molar-refractivity contribution in [1.29, 1.82) is 0 Å². The summed E-state index contributed by atoms with van der Waals surface area (Å²) in [4.78, 5) is 0. The van der Waals surface area contributed by atoms with Gasteiger partial charge in [-0.15, -0.1) is 0 Å². The molecule has 1 rings (SSSR count). The molecule has 0 amide bonds. The Balaban J connectivity index is 2.60. The van der Waals surface area contributed by atoms with E-state index in [1.54, 1.807) is 0 Å². The molecule has 0 heterocycles. The van der Waals surface area contributed by atoms with Crippen LogP contribution in [0.3, 0.4) is 0 Å². The van der Waals surface area contributed by atoms with Gasteiger partial charge in [-0.3, -0.25) is 0 Å². The van der Waals surface area contributed by atoms with Crippen LogP contribution in [0.1, 0.15) is 37.8 Å². The van der Waals surface area contributed by atoms with Gasteiger partial charge in [-0.25, -0.2) is 0 Å². The monoisotopic (exact) mass is 241 g/mol. The summed E-state index contributed by atoms with van der Waals surface area (Å²) >= 11 is 3.44. The average molecular weight is 242 g/mol. The zero-order chi connectivity index (χ0) is 9.68. The van der Waals surface area contributed by atoms with Gasteiger partial charge in [0.25, 0.3) is 0 Å². The molecule has 0 saturated heterocycles. The number of nitrogens with two attached hydrogens (primary N) is 1. The first-order valence-corrected chi connectivity index (χ1v) is 5.54. The molecule has 1 nitrogen and oxygen atoms in total. The highest BCUT2D eigenvalue weighted by Gasteiger charge is 2.04. The summed E-state index contributed by atoms with van der Waals surface area (Å²) in [5.74, 6) is 0. The minimum atomic E-state index is 0.192. The van der Waals surface area contributed by atoms with Gasteiger partial charge < -0.3 is 5.73 Å². The lowest BCUT2D eigenvalue weighted by Gasteiger charge is -2.11. The van der Waals surface area contributed by atoms with Gasteiger partial charge in [-0.1, -0.05) is 47.8 Å². The molecule has 0 aliphatic heterocycles. The Labute approximate surface area is 88.5 Å². The second kappa shape index (κ2) is 5.40. The molecule has 0 radical (unpaired) electrons. The molecule has 0 fully saturated rings. The molecular weight excluding hydrogens is 226 g/mol. The van der Waals surface area contributed by atoms with E-state index in [1.807, 2.05) is 12.1 Å². The van der Waals surface area contributed by atoms with Crippen LogP contribution in [-0.4, -0.2) is 0 Å². The molecule has 1 unspecified atom stereocenters. The zero-order valence-corrected chi connectivity index (χ0v) is 9.55. The van der Waals surface area contributed by atoms with Gasteiger partial charge in [0, 0.05) is 10.5 Å². The molecule has 72 valence electrons. The fourth-order valence-corrected chi connectivity index (χ4v) is 1.74. The summed E-state index contributed by atoms with van der Waals surface area (Å²) in [6.45, 7) is 2.19. The van der Waals surface area contributed by atoms with Crippen LogP contribution in [-0.2, 0) is 0 Å². The molecule has 1 aromatic rings. The Morgan fingerprint density at radius 3 is 2.85 bits per heavy atom. The molecule has 1 aromatic carbocycles. The van der Waals surface area contributed by atoms with Gasteiger partial charge in [-0.2, -0.15) is 0 Å². The molecule has 0 aliphatic rings. The smallest absolute Gasteiger partial charge is 0.0295 e. The highest BCUT2D eigenvalue weighted by molar-refractivity contribution is 9.10. The number of benzene rings is 1. The van der Waals surface area contributed by atoms with Crippen LogP contribution in [0, 0.1) is 0 Å². The second-order valence-corrected chi connectivity index (χ2v) is 4.22. The first kappa shape index (κ1) is 10.7. The number of halogens is 1. The van der Waals surface area contributed by atoms with Crippen molar-refractivity contribution in [3.8, 4) is 0 Å². The molecule has 0 spiro atoms. The Morgan fingerprint density at radius 2 is 2.23 bits per heavy atom. The van der Waals surface area contributed by atoms with E-state index >= 15 is 0 Å². The molecule has 1 atom stereocenters. The molecule has 0 aliphatic carbocycles. The normalized spacial score (nSPS) is 12.8. The molecular formula is C11H16BrN. The minimum absolute atomic E-state index is 0.192. The van der Waals surface area contributed by atoms with E-state index in [1.165, 1.54) is 18.4 Å². The Hall–Kier alpha value is -0.340. The molecule has 0 saturated carbocycles. The van der Waals surface area contributed by atoms with Crippen molar-refractivity contribution >= 4 is 15.9 Å². The van der Waals surface area contributed by atoms with Crippen molar-refractivity contribution in [2.24, 2.45) is 5.73 Å². The summed E-state index contributed by atoms with van der Waals surface area (Å²) in [5, 5.41) is 0. The van der Waals surface area contributed by atoms with Gasteiger partial charge in [-0.05, 0) is 24.1 Å². The third-order valence-electron chi connectivity index (χ3n) is 2.15. The third-order valence-corrected chi connectivity index (χ3v) is 2.64. The molecule has 0 aromatic heterocycles. The van der Waals surface area contributed by atoms with E-state index in [2.05, 4.69) is 35.0 Å². The summed E-state index contributed by atoms with van der Waals surface area (Å²) in [6.07, 6.45) is 3.49. The molecule has 2 N–H and O–H groups in total. The molecule has 0 bridgehead atoms. The van der Waals surface area contributed by atoms with Crippen LogP contribution < -0.4 is 5.73 Å². The maximum absolute atomic E-state index is 6.03. The lowest BCUT2D eigenvalue weighted by Crippen LogP contribution is -2.09. The summed E-state index contributed by atoms with van der Waals surface area (Å²) in [7, 11) is 0. The standard InChI is InChI=1S/C11H16BrN/c1-2-3-7-11(13)9-5-4-6-10(12)8-9/h4-6,8,11H,2-3,7,13H2,1H3. The molecule has 13 heavy (non-hydrogen) atoms. The SMILES string of the molecule is CCCCC(N)c1cccc(Br)c1. The van der Waals surface area contributed by atoms with Gasteiger partial charge in [0.2, 0.25) is 0 Å². The maximum Gasteiger partial charge on any atom is 0.0295 e. The maximum atomic E-state index is 6.03. The van der Waals surface area contributed by atoms with E-state index in [9.17, 15) is 0 Å².